The Labute approximate surface area is 111 Å². The first kappa shape index (κ1) is 13.9. The second-order valence-corrected chi connectivity index (χ2v) is 3.61. The lowest BCUT2D eigenvalue weighted by molar-refractivity contribution is -0.672. The van der Waals surface area contributed by atoms with Gasteiger partial charge < -0.3 is 27.0 Å². The molecule has 0 aliphatic carbocycles. The Bertz CT molecular complexity index is 465. The molecule has 0 radical (unpaired) electrons. The summed E-state index contributed by atoms with van der Waals surface area (Å²) in [5, 5.41) is 18.4. The highest BCUT2D eigenvalue weighted by molar-refractivity contribution is 6.56. The lowest BCUT2D eigenvalue weighted by atomic mass is 9.85. The highest BCUT2D eigenvalue weighted by Crippen LogP contribution is 1.96. The molecule has 17 heavy (non-hydrogen) atoms. The SMILES string of the molecule is OB(O)c1cccc[n+]1Cc1ccccc1.[Br-]. The minimum absolute atomic E-state index is 0. The first-order chi connectivity index (χ1) is 7.77. The van der Waals surface area contributed by atoms with E-state index in [4.69, 9.17) is 0 Å². The summed E-state index contributed by atoms with van der Waals surface area (Å²) in [6, 6.07) is 15.3. The van der Waals surface area contributed by atoms with Crippen molar-refractivity contribution < 1.29 is 31.6 Å². The van der Waals surface area contributed by atoms with Crippen LogP contribution in [0.25, 0.3) is 0 Å². The molecule has 0 atom stereocenters. The number of aromatic nitrogens is 1. The number of hydrogen-bond donors (Lipinski definition) is 2. The van der Waals surface area contributed by atoms with Crippen LogP contribution in [0.2, 0.25) is 0 Å². The maximum absolute atomic E-state index is 9.22. The van der Waals surface area contributed by atoms with Gasteiger partial charge in [-0.25, -0.2) is 4.57 Å². The van der Waals surface area contributed by atoms with Crippen LogP contribution in [0, 0.1) is 0 Å². The first-order valence-electron chi connectivity index (χ1n) is 5.16. The molecule has 0 unspecified atom stereocenters. The van der Waals surface area contributed by atoms with Crippen LogP contribution in [0.3, 0.4) is 0 Å². The van der Waals surface area contributed by atoms with Gasteiger partial charge in [-0.05, 0) is 0 Å². The van der Waals surface area contributed by atoms with E-state index in [1.54, 1.807) is 12.1 Å². The Morgan fingerprint density at radius 2 is 1.59 bits per heavy atom. The van der Waals surface area contributed by atoms with E-state index in [1.165, 1.54) is 0 Å². The van der Waals surface area contributed by atoms with Crippen molar-refractivity contribution in [1.82, 2.24) is 0 Å². The quantitative estimate of drug-likeness (QED) is 0.460. The Morgan fingerprint density at radius 3 is 2.24 bits per heavy atom. The normalized spacial score (nSPS) is 9.53. The summed E-state index contributed by atoms with van der Waals surface area (Å²) in [6.07, 6.45) is 1.84. The maximum Gasteiger partial charge on any atom is 0.561 e. The summed E-state index contributed by atoms with van der Waals surface area (Å²) in [7, 11) is -1.44. The molecule has 0 aliphatic heterocycles. The van der Waals surface area contributed by atoms with Crippen molar-refractivity contribution in [2.24, 2.45) is 0 Å². The third-order valence-corrected chi connectivity index (χ3v) is 2.44. The van der Waals surface area contributed by atoms with E-state index in [9.17, 15) is 10.0 Å². The molecule has 0 saturated heterocycles. The fraction of sp³-hybridized carbons (Fsp3) is 0.0833. The fourth-order valence-corrected chi connectivity index (χ4v) is 1.65. The van der Waals surface area contributed by atoms with Crippen LogP contribution in [0.1, 0.15) is 5.56 Å². The first-order valence-corrected chi connectivity index (χ1v) is 5.16. The Kier molecular flexibility index (Phi) is 5.35. The zero-order chi connectivity index (χ0) is 11.4. The molecular formula is C12H13BBrNO2. The molecule has 2 aromatic rings. The van der Waals surface area contributed by atoms with Gasteiger partial charge in [0.2, 0.25) is 5.59 Å². The van der Waals surface area contributed by atoms with E-state index in [2.05, 4.69) is 0 Å². The third kappa shape index (κ3) is 3.66. The highest BCUT2D eigenvalue weighted by atomic mass is 79.9. The molecule has 0 bridgehead atoms. The highest BCUT2D eigenvalue weighted by Gasteiger charge is 2.23. The van der Waals surface area contributed by atoms with Crippen molar-refractivity contribution in [3.05, 3.63) is 60.3 Å². The summed E-state index contributed by atoms with van der Waals surface area (Å²) in [6.45, 7) is 0.634. The van der Waals surface area contributed by atoms with Crippen LogP contribution in [0.4, 0.5) is 0 Å². The minimum atomic E-state index is -1.44. The van der Waals surface area contributed by atoms with Crippen LogP contribution in [-0.4, -0.2) is 17.2 Å². The molecule has 1 aromatic heterocycles. The molecule has 5 heteroatoms. The summed E-state index contributed by atoms with van der Waals surface area (Å²) < 4.78 is 1.82. The van der Waals surface area contributed by atoms with Crippen LogP contribution in [0.5, 0.6) is 0 Å². The molecule has 1 heterocycles. The maximum atomic E-state index is 9.22. The second kappa shape index (κ2) is 6.54. The molecule has 0 fully saturated rings. The van der Waals surface area contributed by atoms with Gasteiger partial charge in [-0.1, -0.05) is 36.4 Å². The van der Waals surface area contributed by atoms with Gasteiger partial charge in [-0.2, -0.15) is 0 Å². The average molecular weight is 294 g/mol. The monoisotopic (exact) mass is 293 g/mol. The number of nitrogens with zero attached hydrogens (tertiary/aromatic N) is 1. The Balaban J connectivity index is 0.00000144. The van der Waals surface area contributed by atoms with Gasteiger partial charge in [0.15, 0.2) is 12.7 Å². The van der Waals surface area contributed by atoms with Gasteiger partial charge in [0.25, 0.3) is 0 Å². The average Bonchev–Trinajstić information content (AvgIpc) is 2.31. The van der Waals surface area contributed by atoms with Crippen molar-refractivity contribution >= 4 is 12.7 Å². The van der Waals surface area contributed by atoms with Gasteiger partial charge in [-0.3, -0.25) is 0 Å². The third-order valence-electron chi connectivity index (χ3n) is 2.44. The Hall–Kier alpha value is -1.17. The summed E-state index contributed by atoms with van der Waals surface area (Å²) >= 11 is 0. The van der Waals surface area contributed by atoms with E-state index in [1.807, 2.05) is 47.2 Å². The lowest BCUT2D eigenvalue weighted by Crippen LogP contribution is -3.00. The van der Waals surface area contributed by atoms with Gasteiger partial charge in [0, 0.05) is 17.7 Å². The zero-order valence-electron chi connectivity index (χ0n) is 9.20. The fourth-order valence-electron chi connectivity index (χ4n) is 1.65. The van der Waals surface area contributed by atoms with Crippen molar-refractivity contribution in [1.29, 1.82) is 0 Å². The van der Waals surface area contributed by atoms with E-state index in [-0.39, 0.29) is 17.0 Å². The molecule has 88 valence electrons. The van der Waals surface area contributed by atoms with Gasteiger partial charge in [-0.15, -0.1) is 0 Å². The number of hydrogen-bond acceptors (Lipinski definition) is 2. The number of pyridine rings is 1. The van der Waals surface area contributed by atoms with Crippen molar-refractivity contribution in [2.75, 3.05) is 0 Å². The number of halogens is 1. The van der Waals surface area contributed by atoms with Gasteiger partial charge in [0.1, 0.15) is 0 Å². The van der Waals surface area contributed by atoms with Crippen molar-refractivity contribution in [3.8, 4) is 0 Å². The van der Waals surface area contributed by atoms with Gasteiger partial charge in [0.05, 0.1) is 0 Å². The molecular weight excluding hydrogens is 281 g/mol. The summed E-state index contributed by atoms with van der Waals surface area (Å²) in [4.78, 5) is 0. The summed E-state index contributed by atoms with van der Waals surface area (Å²) in [5.41, 5.74) is 1.62. The molecule has 1 aromatic carbocycles. The number of rotatable bonds is 3. The molecule has 2 rings (SSSR count). The second-order valence-electron chi connectivity index (χ2n) is 3.61. The molecule has 3 nitrogen and oxygen atoms in total. The standard InChI is InChI=1S/C12H13BNO2.BrH/c15-13(16)12-8-4-5-9-14(12)10-11-6-2-1-3-7-11;/h1-9,15-16H,10H2;1H/q+1;/p-1. The van der Waals surface area contributed by atoms with E-state index >= 15 is 0 Å². The predicted molar refractivity (Wildman–Crippen MR) is 62.0 cm³/mol. The smallest absolute Gasteiger partial charge is 0.561 e. The molecule has 0 amide bonds. The molecule has 0 spiro atoms. The summed E-state index contributed by atoms with van der Waals surface area (Å²) in [5.74, 6) is 0. The minimum Gasteiger partial charge on any atom is -1.00 e. The van der Waals surface area contributed by atoms with Crippen LogP contribution in [0.15, 0.2) is 54.7 Å². The Morgan fingerprint density at radius 1 is 0.941 bits per heavy atom. The molecule has 2 N–H and O–H groups in total. The van der Waals surface area contributed by atoms with Crippen LogP contribution in [-0.2, 0) is 6.54 Å². The van der Waals surface area contributed by atoms with E-state index in [0.717, 1.165) is 5.56 Å². The number of benzene rings is 1. The van der Waals surface area contributed by atoms with Gasteiger partial charge >= 0.3 is 7.12 Å². The topological polar surface area (TPSA) is 44.3 Å². The van der Waals surface area contributed by atoms with Crippen LogP contribution >= 0.6 is 0 Å². The lowest BCUT2D eigenvalue weighted by Gasteiger charge is -2.02. The van der Waals surface area contributed by atoms with Crippen molar-refractivity contribution in [3.63, 3.8) is 0 Å². The predicted octanol–water partition coefficient (Wildman–Crippen LogP) is -3.29. The molecule has 0 aliphatic rings. The van der Waals surface area contributed by atoms with Crippen molar-refractivity contribution in [2.45, 2.75) is 6.54 Å². The van der Waals surface area contributed by atoms with E-state index in [0.29, 0.717) is 12.1 Å². The van der Waals surface area contributed by atoms with Crippen LogP contribution < -0.4 is 27.1 Å². The molecule has 0 saturated carbocycles. The zero-order valence-corrected chi connectivity index (χ0v) is 10.8. The largest absolute Gasteiger partial charge is 1.00 e. The van der Waals surface area contributed by atoms with E-state index < -0.39 is 7.12 Å².